The van der Waals surface area contributed by atoms with Gasteiger partial charge in [-0.15, -0.1) is 0 Å². The Hall–Kier alpha value is -0.828. The Labute approximate surface area is 109 Å². The Morgan fingerprint density at radius 3 is 3.18 bits per heavy atom. The molecule has 5 nitrogen and oxygen atoms in total. The van der Waals surface area contributed by atoms with Crippen molar-refractivity contribution in [3.05, 3.63) is 18.2 Å². The van der Waals surface area contributed by atoms with E-state index < -0.39 is 0 Å². The Morgan fingerprint density at radius 1 is 1.65 bits per heavy atom. The van der Waals surface area contributed by atoms with E-state index in [4.69, 9.17) is 5.73 Å². The lowest BCUT2D eigenvalue weighted by Gasteiger charge is -2.23. The van der Waals surface area contributed by atoms with Gasteiger partial charge >= 0.3 is 0 Å². The van der Waals surface area contributed by atoms with Crippen molar-refractivity contribution in [2.45, 2.75) is 30.7 Å². The first-order valence-corrected chi connectivity index (χ1v) is 7.66. The Kier molecular flexibility index (Phi) is 4.21. The first kappa shape index (κ1) is 12.6. The van der Waals surface area contributed by atoms with Crippen molar-refractivity contribution in [2.24, 2.45) is 5.73 Å². The molecule has 6 heteroatoms. The highest BCUT2D eigenvalue weighted by Crippen LogP contribution is 2.17. The van der Waals surface area contributed by atoms with Crippen molar-refractivity contribution < 1.29 is 4.79 Å². The van der Waals surface area contributed by atoms with Crippen molar-refractivity contribution in [3.63, 3.8) is 0 Å². The van der Waals surface area contributed by atoms with Crippen LogP contribution >= 0.6 is 0 Å². The molecule has 17 heavy (non-hydrogen) atoms. The molecule has 2 rings (SSSR count). The van der Waals surface area contributed by atoms with Gasteiger partial charge in [0.1, 0.15) is 0 Å². The number of rotatable bonds is 4. The smallest absolute Gasteiger partial charge is 0.243 e. The summed E-state index contributed by atoms with van der Waals surface area (Å²) in [4.78, 5) is 18.2. The van der Waals surface area contributed by atoms with Gasteiger partial charge in [-0.05, 0) is 18.2 Å². The lowest BCUT2D eigenvalue weighted by atomic mass is 10.2. The molecular weight excluding hydrogens is 231 g/mol. The largest absolute Gasteiger partial charge is 0.349 e. The van der Waals surface area contributed by atoms with E-state index in [2.05, 4.69) is 9.55 Å². The first-order chi connectivity index (χ1) is 8.26. The summed E-state index contributed by atoms with van der Waals surface area (Å²) in [5, 5.41) is 0.989. The van der Waals surface area contributed by atoms with Crippen molar-refractivity contribution in [2.75, 3.05) is 13.1 Å². The number of nitrogens with zero attached hydrogens (tertiary/aromatic N) is 3. The van der Waals surface area contributed by atoms with Gasteiger partial charge in [0.2, 0.25) is 22.2 Å². The highest BCUT2D eigenvalue weighted by atomic mass is 27.0. The number of imidazole rings is 1. The zero-order valence-corrected chi connectivity index (χ0v) is 12.3. The Morgan fingerprint density at radius 2 is 2.47 bits per heavy atom. The van der Waals surface area contributed by atoms with Crippen LogP contribution in [0.25, 0.3) is 0 Å². The third kappa shape index (κ3) is 2.71. The molecule has 1 saturated heterocycles. The molecule has 1 aliphatic rings. The van der Waals surface area contributed by atoms with Gasteiger partial charge in [0.25, 0.3) is 0 Å². The lowest BCUT2D eigenvalue weighted by molar-refractivity contribution is -0.131. The van der Waals surface area contributed by atoms with Crippen LogP contribution in [0.4, 0.5) is 0 Å². The standard InChI is InChI=1S/C11H17N4O.Al.2H/c1-14-8-13-7-10(14)5-11(16)15-4-2-3-9(15)6-12;;;/h7-9H,1-6,12H2;;;/t9-;;;/m0.../s1. The Balaban J connectivity index is 2.01. The molecule has 0 radical (unpaired) electrons. The molecule has 2 N–H and O–H groups in total. The first-order valence-electron chi connectivity index (χ1n) is 6.24. The SMILES string of the molecule is NC[C@@H]1CCCN1C(=O)Cc1cncn1[CH2][AlH2]. The molecule has 0 bridgehead atoms. The number of carbonyl (C=O) groups is 1. The number of carbonyl (C=O) groups excluding carboxylic acids is 1. The van der Waals surface area contributed by atoms with Gasteiger partial charge in [-0.2, -0.15) is 0 Å². The van der Waals surface area contributed by atoms with Gasteiger partial charge in [0.05, 0.1) is 12.7 Å². The second-order valence-corrected chi connectivity index (χ2v) is 5.10. The summed E-state index contributed by atoms with van der Waals surface area (Å²) in [6.07, 6.45) is 6.18. The van der Waals surface area contributed by atoms with Crippen molar-refractivity contribution >= 4 is 22.2 Å². The molecule has 0 spiro atoms. The number of likely N-dealkylation sites (tertiary alicyclic amines) is 1. The fourth-order valence-electron chi connectivity index (χ4n) is 2.45. The molecule has 1 fully saturated rings. The number of aromatic nitrogens is 2. The molecular formula is C11H19AlN4O. The van der Waals surface area contributed by atoms with Crippen molar-refractivity contribution in [1.82, 2.24) is 14.5 Å². The minimum Gasteiger partial charge on any atom is -0.349 e. The van der Waals surface area contributed by atoms with Gasteiger partial charge < -0.3 is 15.2 Å². The highest BCUT2D eigenvalue weighted by Gasteiger charge is 2.27. The van der Waals surface area contributed by atoms with Crippen molar-refractivity contribution in [1.29, 1.82) is 0 Å². The van der Waals surface area contributed by atoms with Crippen LogP contribution in [-0.2, 0) is 16.6 Å². The average molecular weight is 250 g/mol. The van der Waals surface area contributed by atoms with Gasteiger partial charge in [0, 0.05) is 31.0 Å². The summed E-state index contributed by atoms with van der Waals surface area (Å²) in [5.41, 5.74) is 6.71. The summed E-state index contributed by atoms with van der Waals surface area (Å²) in [6, 6.07) is 0.245. The maximum Gasteiger partial charge on any atom is 0.243 e. The molecule has 2 heterocycles. The fraction of sp³-hybridized carbons (Fsp3) is 0.636. The second-order valence-electron chi connectivity index (χ2n) is 4.47. The van der Waals surface area contributed by atoms with Crippen LogP contribution in [0.5, 0.6) is 0 Å². The zero-order valence-electron chi connectivity index (χ0n) is 10.3. The summed E-state index contributed by atoms with van der Waals surface area (Å²) in [7, 11) is 0. The third-order valence-electron chi connectivity index (χ3n) is 3.44. The monoisotopic (exact) mass is 250 g/mol. The molecule has 1 aromatic heterocycles. The number of hydrogen-bond donors (Lipinski definition) is 1. The number of nitrogens with two attached hydrogens (primary N) is 1. The van der Waals surface area contributed by atoms with E-state index in [1.165, 1.54) is 0 Å². The van der Waals surface area contributed by atoms with E-state index in [0.29, 0.717) is 13.0 Å². The second kappa shape index (κ2) is 5.68. The molecule has 0 saturated carbocycles. The van der Waals surface area contributed by atoms with Crippen LogP contribution < -0.4 is 5.73 Å². The topological polar surface area (TPSA) is 64.2 Å². The molecule has 0 unspecified atom stereocenters. The van der Waals surface area contributed by atoms with E-state index in [0.717, 1.165) is 46.8 Å². The van der Waals surface area contributed by atoms with Gasteiger partial charge in [-0.1, -0.05) is 0 Å². The van der Waals surface area contributed by atoms with Crippen LogP contribution in [0.2, 0.25) is 0 Å². The molecule has 1 aromatic rings. The van der Waals surface area contributed by atoms with Crippen LogP contribution in [0.3, 0.4) is 0 Å². The summed E-state index contributed by atoms with van der Waals surface area (Å²) < 4.78 is 2.07. The average Bonchev–Trinajstić information content (AvgIpc) is 2.96. The predicted molar refractivity (Wildman–Crippen MR) is 68.3 cm³/mol. The van der Waals surface area contributed by atoms with Crippen LogP contribution in [0, 0.1) is 0 Å². The quantitative estimate of drug-likeness (QED) is 0.695. The normalized spacial score (nSPS) is 19.8. The van der Waals surface area contributed by atoms with Crippen LogP contribution in [-0.4, -0.2) is 55.8 Å². The van der Waals surface area contributed by atoms with E-state index >= 15 is 0 Å². The summed E-state index contributed by atoms with van der Waals surface area (Å²) >= 11 is 1.08. The molecule has 1 aliphatic heterocycles. The van der Waals surface area contributed by atoms with E-state index in [1.54, 1.807) is 12.5 Å². The van der Waals surface area contributed by atoms with E-state index in [-0.39, 0.29) is 11.9 Å². The Bertz CT molecular complexity index is 393. The van der Waals surface area contributed by atoms with Crippen molar-refractivity contribution in [3.8, 4) is 0 Å². The number of amides is 1. The summed E-state index contributed by atoms with van der Waals surface area (Å²) in [5.74, 6) is 0.190. The fourth-order valence-corrected chi connectivity index (χ4v) is 3.02. The predicted octanol–water partition coefficient (Wildman–Crippen LogP) is -1.03. The van der Waals surface area contributed by atoms with Gasteiger partial charge in [-0.3, -0.25) is 4.79 Å². The minimum absolute atomic E-state index is 0.190. The number of hydrogen-bond acceptors (Lipinski definition) is 3. The molecule has 1 atom stereocenters. The molecule has 0 aromatic carbocycles. The van der Waals surface area contributed by atoms with Crippen LogP contribution in [0.1, 0.15) is 18.5 Å². The molecule has 1 amide bonds. The minimum atomic E-state index is 0.190. The maximum atomic E-state index is 12.2. The zero-order chi connectivity index (χ0) is 12.3. The van der Waals surface area contributed by atoms with E-state index in [1.807, 2.05) is 4.90 Å². The summed E-state index contributed by atoms with van der Waals surface area (Å²) in [6.45, 7) is 1.43. The van der Waals surface area contributed by atoms with Gasteiger partial charge in [-0.25, -0.2) is 4.98 Å². The highest BCUT2D eigenvalue weighted by molar-refractivity contribution is 6.06. The molecule has 92 valence electrons. The van der Waals surface area contributed by atoms with E-state index in [9.17, 15) is 4.79 Å². The maximum absolute atomic E-state index is 12.2. The van der Waals surface area contributed by atoms with Gasteiger partial charge in [0.15, 0.2) is 0 Å². The third-order valence-corrected chi connectivity index (χ3v) is 4.12. The van der Waals surface area contributed by atoms with Crippen LogP contribution in [0.15, 0.2) is 12.5 Å². The molecule has 0 aliphatic carbocycles. The lowest BCUT2D eigenvalue weighted by Crippen LogP contribution is -2.40.